The summed E-state index contributed by atoms with van der Waals surface area (Å²) in [7, 11) is 1.97. The number of hydrogen-bond donors (Lipinski definition) is 1. The van der Waals surface area contributed by atoms with Crippen LogP contribution in [0.25, 0.3) is 0 Å². The Hall–Kier alpha value is -0.730. The van der Waals surface area contributed by atoms with E-state index in [9.17, 15) is 0 Å². The van der Waals surface area contributed by atoms with E-state index >= 15 is 0 Å². The highest BCUT2D eigenvalue weighted by Crippen LogP contribution is 2.24. The molecule has 0 fully saturated rings. The maximum absolute atomic E-state index is 6.06. The molecule has 0 bridgehead atoms. The minimum atomic E-state index is 0.811. The Labute approximate surface area is 110 Å². The smallest absolute Gasteiger partial charge is 0.0412 e. The first kappa shape index (κ1) is 14.3. The quantitative estimate of drug-likeness (QED) is 0.799. The summed E-state index contributed by atoms with van der Waals surface area (Å²) >= 11 is 6.06. The number of anilines is 1. The molecule has 2 nitrogen and oxygen atoms in total. The van der Waals surface area contributed by atoms with Crippen molar-refractivity contribution in [1.82, 2.24) is 5.32 Å². The van der Waals surface area contributed by atoms with E-state index < -0.39 is 0 Å². The first-order valence-electron chi connectivity index (χ1n) is 6.40. The fourth-order valence-corrected chi connectivity index (χ4v) is 2.19. The molecule has 0 aliphatic heterocycles. The van der Waals surface area contributed by atoms with Crippen LogP contribution in [-0.4, -0.2) is 20.1 Å². The van der Waals surface area contributed by atoms with Crippen LogP contribution in [-0.2, 0) is 6.54 Å². The predicted molar refractivity (Wildman–Crippen MR) is 77.0 cm³/mol. The van der Waals surface area contributed by atoms with E-state index in [0.717, 1.165) is 24.7 Å². The van der Waals surface area contributed by atoms with Crippen LogP contribution in [0.1, 0.15) is 32.3 Å². The van der Waals surface area contributed by atoms with Gasteiger partial charge in [-0.15, -0.1) is 0 Å². The number of nitrogens with zero attached hydrogens (tertiary/aromatic N) is 1. The zero-order chi connectivity index (χ0) is 12.7. The topological polar surface area (TPSA) is 15.3 Å². The van der Waals surface area contributed by atoms with Gasteiger partial charge in [0.15, 0.2) is 0 Å². The summed E-state index contributed by atoms with van der Waals surface area (Å²) in [6, 6.07) is 6.17. The van der Waals surface area contributed by atoms with E-state index in [2.05, 4.69) is 36.2 Å². The zero-order valence-electron chi connectivity index (χ0n) is 11.1. The van der Waals surface area contributed by atoms with Crippen molar-refractivity contribution in [1.29, 1.82) is 0 Å². The lowest BCUT2D eigenvalue weighted by atomic mass is 10.1. The molecule has 1 aromatic carbocycles. The molecule has 0 aliphatic rings. The van der Waals surface area contributed by atoms with Gasteiger partial charge in [0.2, 0.25) is 0 Å². The number of hydrogen-bond acceptors (Lipinski definition) is 2. The number of rotatable bonds is 7. The number of unbranched alkanes of at least 4 members (excludes halogenated alkanes) is 1. The molecule has 0 unspecified atom stereocenters. The van der Waals surface area contributed by atoms with Gasteiger partial charge in [0.25, 0.3) is 0 Å². The highest BCUT2D eigenvalue weighted by molar-refractivity contribution is 6.30. The van der Waals surface area contributed by atoms with E-state index in [1.165, 1.54) is 24.1 Å². The molecule has 0 spiro atoms. The fourth-order valence-electron chi connectivity index (χ4n) is 1.99. The Morgan fingerprint density at radius 1 is 1.29 bits per heavy atom. The highest BCUT2D eigenvalue weighted by Gasteiger charge is 2.09. The van der Waals surface area contributed by atoms with Crippen molar-refractivity contribution < 1.29 is 0 Å². The summed E-state index contributed by atoms with van der Waals surface area (Å²) in [5.41, 5.74) is 2.58. The first-order valence-corrected chi connectivity index (χ1v) is 6.78. The third kappa shape index (κ3) is 4.21. The molecule has 0 aromatic heterocycles. The number of benzene rings is 1. The molecule has 0 amide bonds. The molecule has 0 saturated carbocycles. The summed E-state index contributed by atoms with van der Waals surface area (Å²) in [4.78, 5) is 2.42. The van der Waals surface area contributed by atoms with Gasteiger partial charge in [-0.1, -0.05) is 24.9 Å². The van der Waals surface area contributed by atoms with Crippen molar-refractivity contribution in [3.63, 3.8) is 0 Å². The molecule has 0 aliphatic carbocycles. The Balaban J connectivity index is 2.91. The predicted octanol–water partition coefficient (Wildman–Crippen LogP) is 3.69. The minimum Gasteiger partial charge on any atom is -0.372 e. The van der Waals surface area contributed by atoms with Crippen LogP contribution in [0.5, 0.6) is 0 Å². The normalized spacial score (nSPS) is 10.6. The van der Waals surface area contributed by atoms with Crippen LogP contribution in [0.4, 0.5) is 5.69 Å². The van der Waals surface area contributed by atoms with Crippen LogP contribution in [0.2, 0.25) is 5.02 Å². The summed E-state index contributed by atoms with van der Waals surface area (Å²) in [6.07, 6.45) is 2.46. The Morgan fingerprint density at radius 2 is 2.06 bits per heavy atom. The maximum atomic E-state index is 6.06. The average molecular weight is 255 g/mol. The van der Waals surface area contributed by atoms with Gasteiger partial charge in [0, 0.05) is 30.3 Å². The average Bonchev–Trinajstić information content (AvgIpc) is 2.32. The van der Waals surface area contributed by atoms with Crippen LogP contribution >= 0.6 is 11.6 Å². The van der Waals surface area contributed by atoms with Crippen molar-refractivity contribution in [2.75, 3.05) is 25.0 Å². The summed E-state index contributed by atoms with van der Waals surface area (Å²) in [5.74, 6) is 0. The molecule has 17 heavy (non-hydrogen) atoms. The van der Waals surface area contributed by atoms with Crippen molar-refractivity contribution in [2.24, 2.45) is 0 Å². The van der Waals surface area contributed by atoms with Gasteiger partial charge in [-0.3, -0.25) is 0 Å². The van der Waals surface area contributed by atoms with Gasteiger partial charge in [-0.2, -0.15) is 0 Å². The second kappa shape index (κ2) is 7.57. The van der Waals surface area contributed by atoms with Crippen LogP contribution in [0.3, 0.4) is 0 Å². The first-order chi connectivity index (χ1) is 8.22. The van der Waals surface area contributed by atoms with Gasteiger partial charge in [-0.05, 0) is 44.2 Å². The van der Waals surface area contributed by atoms with Gasteiger partial charge in [0.1, 0.15) is 0 Å². The lowest BCUT2D eigenvalue weighted by molar-refractivity contribution is 0.723. The Kier molecular flexibility index (Phi) is 6.38. The fraction of sp³-hybridized carbons (Fsp3) is 0.571. The van der Waals surface area contributed by atoms with E-state index in [4.69, 9.17) is 11.6 Å². The molecule has 1 aromatic rings. The Bertz CT molecular complexity index is 339. The molecule has 0 heterocycles. The highest BCUT2D eigenvalue weighted by atomic mass is 35.5. The van der Waals surface area contributed by atoms with Crippen molar-refractivity contribution in [2.45, 2.75) is 33.2 Å². The second-order valence-corrected chi connectivity index (χ2v) is 4.67. The summed E-state index contributed by atoms with van der Waals surface area (Å²) in [6.45, 7) is 7.44. The van der Waals surface area contributed by atoms with Gasteiger partial charge >= 0.3 is 0 Å². The number of halogens is 1. The molecule has 96 valence electrons. The van der Waals surface area contributed by atoms with E-state index in [1.807, 2.05) is 13.1 Å². The summed E-state index contributed by atoms with van der Waals surface area (Å²) in [5, 5.41) is 4.01. The maximum Gasteiger partial charge on any atom is 0.0412 e. The molecule has 0 atom stereocenters. The lowest BCUT2D eigenvalue weighted by Gasteiger charge is -2.26. The van der Waals surface area contributed by atoms with Gasteiger partial charge < -0.3 is 10.2 Å². The van der Waals surface area contributed by atoms with Crippen LogP contribution in [0.15, 0.2) is 18.2 Å². The van der Waals surface area contributed by atoms with Crippen molar-refractivity contribution in [3.8, 4) is 0 Å². The van der Waals surface area contributed by atoms with E-state index in [-0.39, 0.29) is 0 Å². The third-order valence-electron chi connectivity index (χ3n) is 2.91. The molecule has 3 heteroatoms. The van der Waals surface area contributed by atoms with E-state index in [1.54, 1.807) is 0 Å². The standard InChI is InChI=1S/C14H23ClN2/c1-4-6-9-17(5-2)14-8-7-13(15)10-12(14)11-16-3/h7-8,10,16H,4-6,9,11H2,1-3H3. The van der Waals surface area contributed by atoms with Crippen LogP contribution < -0.4 is 10.2 Å². The Morgan fingerprint density at radius 3 is 2.65 bits per heavy atom. The number of nitrogens with one attached hydrogen (secondary N) is 1. The lowest BCUT2D eigenvalue weighted by Crippen LogP contribution is -2.25. The van der Waals surface area contributed by atoms with E-state index in [0.29, 0.717) is 0 Å². The second-order valence-electron chi connectivity index (χ2n) is 4.24. The molecule has 0 saturated heterocycles. The van der Waals surface area contributed by atoms with Crippen molar-refractivity contribution in [3.05, 3.63) is 28.8 Å². The van der Waals surface area contributed by atoms with Crippen LogP contribution in [0, 0.1) is 0 Å². The SMILES string of the molecule is CCCCN(CC)c1ccc(Cl)cc1CNC. The molecular formula is C14H23ClN2. The summed E-state index contributed by atoms with van der Waals surface area (Å²) < 4.78 is 0. The molecule has 1 rings (SSSR count). The van der Waals surface area contributed by atoms with Gasteiger partial charge in [0.05, 0.1) is 0 Å². The minimum absolute atomic E-state index is 0.811. The van der Waals surface area contributed by atoms with Crippen molar-refractivity contribution >= 4 is 17.3 Å². The zero-order valence-corrected chi connectivity index (χ0v) is 11.8. The molecule has 1 N–H and O–H groups in total. The largest absolute Gasteiger partial charge is 0.372 e. The van der Waals surface area contributed by atoms with Gasteiger partial charge in [-0.25, -0.2) is 0 Å². The molecule has 0 radical (unpaired) electrons. The third-order valence-corrected chi connectivity index (χ3v) is 3.15. The monoisotopic (exact) mass is 254 g/mol. The molecular weight excluding hydrogens is 232 g/mol.